The Morgan fingerprint density at radius 2 is 1.94 bits per heavy atom. The van der Waals surface area contributed by atoms with Crippen molar-refractivity contribution in [2.24, 2.45) is 0 Å². The van der Waals surface area contributed by atoms with Crippen LogP contribution in [-0.2, 0) is 4.79 Å². The number of amides is 2. The molecule has 0 atom stereocenters. The van der Waals surface area contributed by atoms with E-state index in [1.54, 1.807) is 32.0 Å². The van der Waals surface area contributed by atoms with Crippen molar-refractivity contribution in [1.29, 1.82) is 0 Å². The van der Waals surface area contributed by atoms with Crippen LogP contribution in [-0.4, -0.2) is 24.5 Å². The van der Waals surface area contributed by atoms with Gasteiger partial charge in [0.25, 0.3) is 5.91 Å². The fraction of sp³-hybridized carbons (Fsp3) is 0.333. The summed E-state index contributed by atoms with van der Waals surface area (Å²) in [4.78, 5) is 23.9. The van der Waals surface area contributed by atoms with Gasteiger partial charge in [0, 0.05) is 0 Å². The first-order chi connectivity index (χ1) is 7.95. The molecule has 0 aliphatic carbocycles. The monoisotopic (exact) mass is 234 g/mol. The van der Waals surface area contributed by atoms with E-state index in [1.807, 2.05) is 0 Å². The number of carbonyl (C=O) groups excluding carboxylic acids is 2. The van der Waals surface area contributed by atoms with E-state index >= 15 is 0 Å². The lowest BCUT2D eigenvalue weighted by Crippen LogP contribution is -2.50. The van der Waals surface area contributed by atoms with Crippen molar-refractivity contribution in [1.82, 2.24) is 5.32 Å². The summed E-state index contributed by atoms with van der Waals surface area (Å²) in [6.45, 7) is 3.30. The normalized spacial score (nSPS) is 17.6. The molecule has 2 amide bonds. The number of rotatable bonds is 1. The number of methoxy groups -OCH3 is 1. The van der Waals surface area contributed by atoms with Crippen molar-refractivity contribution in [3.05, 3.63) is 23.8 Å². The Morgan fingerprint density at radius 3 is 2.59 bits per heavy atom. The third-order valence-corrected chi connectivity index (χ3v) is 2.72. The Balaban J connectivity index is 2.58. The molecule has 5 heteroatoms. The smallest absolute Gasteiger partial charge is 0.254 e. The molecule has 90 valence electrons. The van der Waals surface area contributed by atoms with Gasteiger partial charge >= 0.3 is 0 Å². The molecule has 1 aromatic rings. The average Bonchev–Trinajstić information content (AvgIpc) is 2.35. The second kappa shape index (κ2) is 3.76. The van der Waals surface area contributed by atoms with Gasteiger partial charge in [0.2, 0.25) is 5.91 Å². The van der Waals surface area contributed by atoms with Gasteiger partial charge in [0.05, 0.1) is 18.4 Å². The zero-order chi connectivity index (χ0) is 12.6. The molecule has 17 heavy (non-hydrogen) atoms. The fourth-order valence-electron chi connectivity index (χ4n) is 1.70. The van der Waals surface area contributed by atoms with Crippen LogP contribution >= 0.6 is 0 Å². The van der Waals surface area contributed by atoms with Crippen molar-refractivity contribution in [2.45, 2.75) is 19.4 Å². The van der Waals surface area contributed by atoms with Gasteiger partial charge in [-0.15, -0.1) is 0 Å². The van der Waals surface area contributed by atoms with Crippen LogP contribution in [0.5, 0.6) is 5.75 Å². The number of carbonyl (C=O) groups is 2. The third kappa shape index (κ3) is 1.84. The average molecular weight is 234 g/mol. The summed E-state index contributed by atoms with van der Waals surface area (Å²) < 4.78 is 5.14. The summed E-state index contributed by atoms with van der Waals surface area (Å²) in [5.41, 5.74) is -0.118. The molecule has 0 unspecified atom stereocenters. The topological polar surface area (TPSA) is 67.4 Å². The van der Waals surface area contributed by atoms with E-state index in [-0.39, 0.29) is 11.8 Å². The fourth-order valence-corrected chi connectivity index (χ4v) is 1.70. The molecule has 1 heterocycles. The van der Waals surface area contributed by atoms with Gasteiger partial charge in [-0.05, 0) is 26.0 Å². The number of para-hydroxylation sites is 1. The van der Waals surface area contributed by atoms with Crippen LogP contribution in [0.4, 0.5) is 5.69 Å². The maximum atomic E-state index is 12.0. The van der Waals surface area contributed by atoms with Crippen LogP contribution in [0.15, 0.2) is 18.2 Å². The Morgan fingerprint density at radius 1 is 1.24 bits per heavy atom. The van der Waals surface area contributed by atoms with Crippen LogP contribution in [0.1, 0.15) is 24.2 Å². The Labute approximate surface area is 99.2 Å². The zero-order valence-electron chi connectivity index (χ0n) is 9.96. The number of hydrogen-bond donors (Lipinski definition) is 2. The first-order valence-electron chi connectivity index (χ1n) is 5.26. The zero-order valence-corrected chi connectivity index (χ0v) is 9.96. The van der Waals surface area contributed by atoms with Crippen LogP contribution in [0, 0.1) is 0 Å². The molecule has 0 saturated heterocycles. The van der Waals surface area contributed by atoms with Crippen LogP contribution in [0.2, 0.25) is 0 Å². The SMILES string of the molecule is COc1cccc2c1NC(=O)C(C)(C)NC2=O. The van der Waals surface area contributed by atoms with Gasteiger partial charge in [-0.3, -0.25) is 9.59 Å². The highest BCUT2D eigenvalue weighted by atomic mass is 16.5. The van der Waals surface area contributed by atoms with Crippen LogP contribution in [0.3, 0.4) is 0 Å². The Bertz CT molecular complexity index is 495. The van der Waals surface area contributed by atoms with E-state index in [1.165, 1.54) is 7.11 Å². The van der Waals surface area contributed by atoms with Gasteiger partial charge in [-0.1, -0.05) is 6.07 Å². The summed E-state index contributed by atoms with van der Waals surface area (Å²) in [6, 6.07) is 5.06. The summed E-state index contributed by atoms with van der Waals surface area (Å²) in [5, 5.41) is 5.38. The molecule has 1 aliphatic heterocycles. The maximum absolute atomic E-state index is 12.0. The highest BCUT2D eigenvalue weighted by molar-refractivity contribution is 6.12. The quantitative estimate of drug-likeness (QED) is 0.766. The van der Waals surface area contributed by atoms with Crippen molar-refractivity contribution in [2.75, 3.05) is 12.4 Å². The summed E-state index contributed by atoms with van der Waals surface area (Å²) >= 11 is 0. The number of nitrogens with one attached hydrogen (secondary N) is 2. The van der Waals surface area contributed by atoms with Gasteiger partial charge in [-0.25, -0.2) is 0 Å². The van der Waals surface area contributed by atoms with Crippen LogP contribution < -0.4 is 15.4 Å². The number of ether oxygens (including phenoxy) is 1. The minimum atomic E-state index is -0.943. The molecule has 0 saturated carbocycles. The van der Waals surface area contributed by atoms with Crippen LogP contribution in [0.25, 0.3) is 0 Å². The van der Waals surface area contributed by atoms with E-state index in [0.29, 0.717) is 17.0 Å². The van der Waals surface area contributed by atoms with Gasteiger partial charge < -0.3 is 15.4 Å². The Hall–Kier alpha value is -2.04. The Kier molecular flexibility index (Phi) is 2.53. The summed E-state index contributed by atoms with van der Waals surface area (Å²) in [7, 11) is 1.50. The van der Waals surface area contributed by atoms with E-state index in [9.17, 15) is 9.59 Å². The number of fused-ring (bicyclic) bond motifs is 1. The van der Waals surface area contributed by atoms with E-state index in [0.717, 1.165) is 0 Å². The molecule has 0 spiro atoms. The van der Waals surface area contributed by atoms with E-state index in [2.05, 4.69) is 10.6 Å². The minimum absolute atomic E-state index is 0.269. The van der Waals surface area contributed by atoms with Gasteiger partial charge in [0.15, 0.2) is 0 Å². The maximum Gasteiger partial charge on any atom is 0.254 e. The minimum Gasteiger partial charge on any atom is -0.495 e. The lowest BCUT2D eigenvalue weighted by Gasteiger charge is -2.21. The predicted molar refractivity (Wildman–Crippen MR) is 63.2 cm³/mol. The summed E-state index contributed by atoms with van der Waals surface area (Å²) in [5.74, 6) is -0.0833. The van der Waals surface area contributed by atoms with Gasteiger partial charge in [0.1, 0.15) is 11.3 Å². The lowest BCUT2D eigenvalue weighted by molar-refractivity contribution is -0.120. The molecular weight excluding hydrogens is 220 g/mol. The standard InChI is InChI=1S/C12H14N2O3/c1-12(2)11(16)13-9-7(10(15)14-12)5-4-6-8(9)17-3/h4-6H,1-3H3,(H,13,16)(H,14,15). The van der Waals surface area contributed by atoms with Crippen molar-refractivity contribution in [3.63, 3.8) is 0 Å². The third-order valence-electron chi connectivity index (χ3n) is 2.72. The molecule has 2 N–H and O–H groups in total. The molecule has 0 aromatic heterocycles. The van der Waals surface area contributed by atoms with Crippen molar-refractivity contribution >= 4 is 17.5 Å². The molecule has 0 bridgehead atoms. The lowest BCUT2D eigenvalue weighted by atomic mass is 10.1. The molecular formula is C12H14N2O3. The predicted octanol–water partition coefficient (Wildman–Crippen LogP) is 1.16. The second-order valence-corrected chi connectivity index (χ2v) is 4.42. The number of hydrogen-bond acceptors (Lipinski definition) is 3. The molecule has 1 aliphatic rings. The highest BCUT2D eigenvalue weighted by Crippen LogP contribution is 2.31. The molecule has 0 fully saturated rings. The van der Waals surface area contributed by atoms with E-state index in [4.69, 9.17) is 4.74 Å². The van der Waals surface area contributed by atoms with Gasteiger partial charge in [-0.2, -0.15) is 0 Å². The number of anilines is 1. The second-order valence-electron chi connectivity index (χ2n) is 4.42. The molecule has 1 aromatic carbocycles. The number of benzene rings is 1. The van der Waals surface area contributed by atoms with Crippen molar-refractivity contribution < 1.29 is 14.3 Å². The molecule has 2 rings (SSSR count). The largest absolute Gasteiger partial charge is 0.495 e. The van der Waals surface area contributed by atoms with E-state index < -0.39 is 5.54 Å². The van der Waals surface area contributed by atoms with Crippen molar-refractivity contribution in [3.8, 4) is 5.75 Å². The summed E-state index contributed by atoms with van der Waals surface area (Å²) in [6.07, 6.45) is 0. The molecule has 5 nitrogen and oxygen atoms in total. The first kappa shape index (κ1) is 11.4. The highest BCUT2D eigenvalue weighted by Gasteiger charge is 2.35. The first-order valence-corrected chi connectivity index (χ1v) is 5.26. The molecule has 0 radical (unpaired) electrons.